The number of fused-ring (bicyclic) bond motifs is 1. The first-order valence-corrected chi connectivity index (χ1v) is 12.4. The van der Waals surface area contributed by atoms with E-state index in [0.717, 1.165) is 0 Å². The van der Waals surface area contributed by atoms with Crippen LogP contribution < -0.4 is 10.8 Å². The largest absolute Gasteiger partial charge is 0.468 e. The van der Waals surface area contributed by atoms with Crippen molar-refractivity contribution < 1.29 is 33.5 Å². The van der Waals surface area contributed by atoms with Gasteiger partial charge in [-0.05, 0) is 32.6 Å². The summed E-state index contributed by atoms with van der Waals surface area (Å²) in [6.07, 6.45) is -2.18. The van der Waals surface area contributed by atoms with Crippen molar-refractivity contribution in [3.05, 3.63) is 12.7 Å². The number of nitrogens with one attached hydrogen (secondary N) is 1. The summed E-state index contributed by atoms with van der Waals surface area (Å²) in [5, 5.41) is 24.0. The van der Waals surface area contributed by atoms with Gasteiger partial charge in [-0.15, -0.1) is 0 Å². The molecule has 5 N–H and O–H groups in total. The topological polar surface area (TPSA) is 176 Å². The van der Waals surface area contributed by atoms with Gasteiger partial charge < -0.3 is 34.5 Å². The molecule has 0 bridgehead atoms. The van der Waals surface area contributed by atoms with Crippen LogP contribution in [0.5, 0.6) is 0 Å². The van der Waals surface area contributed by atoms with Crippen molar-refractivity contribution in [3.8, 4) is 0 Å². The van der Waals surface area contributed by atoms with Crippen LogP contribution in [0.3, 0.4) is 0 Å². The Kier molecular flexibility index (Phi) is 7.78. The maximum Gasteiger partial charge on any atom is 0.323 e. The summed E-state index contributed by atoms with van der Waals surface area (Å²) in [5.41, 5.74) is 6.49. The van der Waals surface area contributed by atoms with Gasteiger partial charge in [0.05, 0.1) is 26.1 Å². The number of aromatic nitrogens is 4. The fourth-order valence-corrected chi connectivity index (χ4v) is 6.01. The van der Waals surface area contributed by atoms with Crippen LogP contribution in [0.4, 0.5) is 5.82 Å². The van der Waals surface area contributed by atoms with Gasteiger partial charge in [0, 0.05) is 0 Å². The number of hydrogen-bond donors (Lipinski definition) is 4. The number of aliphatic hydroxyl groups is 2. The van der Waals surface area contributed by atoms with Crippen molar-refractivity contribution in [2.75, 3.05) is 19.5 Å². The summed E-state index contributed by atoms with van der Waals surface area (Å²) in [5.74, 6) is -0.352. The van der Waals surface area contributed by atoms with Gasteiger partial charge in [-0.3, -0.25) is 9.36 Å². The molecular formula is C17H27N6O7PS. The average Bonchev–Trinajstić information content (AvgIpc) is 3.28. The van der Waals surface area contributed by atoms with Crippen LogP contribution in [-0.2, 0) is 35.1 Å². The number of methoxy groups -OCH3 is 1. The van der Waals surface area contributed by atoms with E-state index in [2.05, 4.69) is 20.0 Å². The predicted octanol–water partition coefficient (Wildman–Crippen LogP) is -0.155. The molecular weight excluding hydrogens is 463 g/mol. The van der Waals surface area contributed by atoms with Crippen LogP contribution >= 0.6 is 6.64 Å². The molecule has 0 saturated carbocycles. The Morgan fingerprint density at radius 3 is 2.72 bits per heavy atom. The first-order valence-electron chi connectivity index (χ1n) is 9.79. The highest BCUT2D eigenvalue weighted by molar-refractivity contribution is 8.09. The molecule has 6 atom stereocenters. The number of ether oxygens (including phenoxy) is 2. The molecule has 1 aliphatic heterocycles. The lowest BCUT2D eigenvalue weighted by Gasteiger charge is -2.28. The lowest BCUT2D eigenvalue weighted by molar-refractivity contribution is -0.142. The van der Waals surface area contributed by atoms with Gasteiger partial charge in [0.15, 0.2) is 17.7 Å². The molecule has 3 heterocycles. The molecule has 32 heavy (non-hydrogen) atoms. The van der Waals surface area contributed by atoms with E-state index in [1.807, 2.05) is 0 Å². The first kappa shape index (κ1) is 24.9. The van der Waals surface area contributed by atoms with Crippen molar-refractivity contribution in [2.45, 2.75) is 57.5 Å². The molecule has 178 valence electrons. The van der Waals surface area contributed by atoms with Crippen molar-refractivity contribution >= 4 is 41.4 Å². The Bertz CT molecular complexity index is 1010. The highest BCUT2D eigenvalue weighted by atomic mass is 32.5. The minimum atomic E-state index is -3.17. The summed E-state index contributed by atoms with van der Waals surface area (Å²) < 4.78 is 23.5. The second kappa shape index (κ2) is 10.0. The number of hydrogen-bond acceptors (Lipinski definition) is 12. The Balaban J connectivity index is 1.74. The third-order valence-electron chi connectivity index (χ3n) is 4.66. The van der Waals surface area contributed by atoms with Gasteiger partial charge in [0.1, 0.15) is 36.2 Å². The van der Waals surface area contributed by atoms with E-state index < -0.39 is 43.2 Å². The zero-order valence-electron chi connectivity index (χ0n) is 18.0. The number of carbonyl (C=O) groups is 1. The second-order valence-corrected chi connectivity index (χ2v) is 10.6. The zero-order chi connectivity index (χ0) is 23.6. The lowest BCUT2D eigenvalue weighted by atomic mass is 10.1. The molecule has 0 aliphatic carbocycles. The molecule has 2 aromatic rings. The van der Waals surface area contributed by atoms with Crippen LogP contribution in [0.1, 0.15) is 27.0 Å². The van der Waals surface area contributed by atoms with Crippen LogP contribution in [-0.4, -0.2) is 79.9 Å². The van der Waals surface area contributed by atoms with Gasteiger partial charge in [-0.1, -0.05) is 0 Å². The zero-order valence-corrected chi connectivity index (χ0v) is 19.7. The summed E-state index contributed by atoms with van der Waals surface area (Å²) in [6.45, 7) is 1.74. The van der Waals surface area contributed by atoms with Gasteiger partial charge >= 0.3 is 5.97 Å². The Hall–Kier alpha value is -1.77. The summed E-state index contributed by atoms with van der Waals surface area (Å²) in [6, 6.07) is -0.778. The van der Waals surface area contributed by atoms with Crippen molar-refractivity contribution in [1.82, 2.24) is 24.6 Å². The minimum absolute atomic E-state index is 0.180. The quantitative estimate of drug-likeness (QED) is 0.270. The fraction of sp³-hybridized carbons (Fsp3) is 0.647. The molecule has 15 heteroatoms. The number of aliphatic hydroxyl groups excluding tert-OH is 2. The van der Waals surface area contributed by atoms with Crippen molar-refractivity contribution in [1.29, 1.82) is 0 Å². The number of carbonyl (C=O) groups excluding carboxylic acids is 1. The predicted molar refractivity (Wildman–Crippen MR) is 117 cm³/mol. The highest BCUT2D eigenvalue weighted by Gasteiger charge is 2.45. The van der Waals surface area contributed by atoms with E-state index in [1.54, 1.807) is 20.8 Å². The highest BCUT2D eigenvalue weighted by Crippen LogP contribution is 2.47. The molecule has 2 aromatic heterocycles. The molecule has 0 amide bonds. The molecule has 2 unspecified atom stereocenters. The number of imidazole rings is 1. The van der Waals surface area contributed by atoms with Gasteiger partial charge in [-0.25, -0.2) is 20.0 Å². The summed E-state index contributed by atoms with van der Waals surface area (Å²) in [4.78, 5) is 23.9. The van der Waals surface area contributed by atoms with Crippen LogP contribution in [0.25, 0.3) is 11.2 Å². The first-order chi connectivity index (χ1) is 15.1. The number of rotatable bonds is 9. The minimum Gasteiger partial charge on any atom is -0.468 e. The standard InChI is InChI=1S/C17H27N6O7PS/c1-8(2)30-31(32,22-9(3)17(26)27-4)28-5-10-12(24)13(25)16(29-10)23-7-21-11-14(18)19-6-20-15(11)23/h6-10,12-13,16,24-25H,5H2,1-4H3,(H,22,32)(H2,18,19,20)/t9?,10-,12-,13-,16-,31?/m1/s1. The van der Waals surface area contributed by atoms with E-state index in [4.69, 9.17) is 36.1 Å². The third-order valence-corrected chi connectivity index (χ3v) is 7.45. The van der Waals surface area contributed by atoms with Crippen molar-refractivity contribution in [3.63, 3.8) is 0 Å². The van der Waals surface area contributed by atoms with E-state index >= 15 is 0 Å². The summed E-state index contributed by atoms with van der Waals surface area (Å²) in [7, 11) is 1.26. The van der Waals surface area contributed by atoms with Gasteiger partial charge in [-0.2, -0.15) is 0 Å². The number of nitrogen functional groups attached to an aromatic ring is 1. The van der Waals surface area contributed by atoms with E-state index in [1.165, 1.54) is 24.3 Å². The second-order valence-electron chi connectivity index (χ2n) is 7.45. The van der Waals surface area contributed by atoms with E-state index in [9.17, 15) is 15.0 Å². The monoisotopic (exact) mass is 490 g/mol. The Labute approximate surface area is 189 Å². The molecule has 1 aliphatic rings. The molecule has 0 spiro atoms. The van der Waals surface area contributed by atoms with Gasteiger partial charge in [0.2, 0.25) is 0 Å². The molecule has 1 saturated heterocycles. The number of nitrogens with zero attached hydrogens (tertiary/aromatic N) is 4. The molecule has 13 nitrogen and oxygen atoms in total. The molecule has 3 rings (SSSR count). The Morgan fingerprint density at radius 1 is 1.34 bits per heavy atom. The van der Waals surface area contributed by atoms with Crippen molar-refractivity contribution in [2.24, 2.45) is 0 Å². The summed E-state index contributed by atoms with van der Waals surface area (Å²) >= 11 is 5.51. The SMILES string of the molecule is COC(=O)C(C)NP(=S)(OC[C@H]1O[C@@H](n2cnc3c(N)ncnc32)[C@H](O)[C@@H]1O)OC(C)C. The third kappa shape index (κ3) is 5.24. The maximum atomic E-state index is 11.8. The smallest absolute Gasteiger partial charge is 0.323 e. The van der Waals surface area contributed by atoms with Crippen LogP contribution in [0.15, 0.2) is 12.7 Å². The maximum absolute atomic E-state index is 11.8. The normalized spacial score (nSPS) is 26.3. The number of nitrogens with two attached hydrogens (primary N) is 1. The van der Waals surface area contributed by atoms with E-state index in [0.29, 0.717) is 11.2 Å². The van der Waals surface area contributed by atoms with E-state index in [-0.39, 0.29) is 18.5 Å². The van der Waals surface area contributed by atoms with Crippen LogP contribution in [0.2, 0.25) is 0 Å². The average molecular weight is 490 g/mol. The number of esters is 1. The lowest BCUT2D eigenvalue weighted by Crippen LogP contribution is -2.37. The van der Waals surface area contributed by atoms with Crippen LogP contribution in [0, 0.1) is 0 Å². The molecule has 1 fully saturated rings. The molecule has 0 radical (unpaired) electrons. The fourth-order valence-electron chi connectivity index (χ4n) is 3.17. The van der Waals surface area contributed by atoms with Gasteiger partial charge in [0.25, 0.3) is 6.64 Å². The molecule has 0 aromatic carbocycles. The number of anilines is 1. The Morgan fingerprint density at radius 2 is 2.06 bits per heavy atom.